The predicted octanol–water partition coefficient (Wildman–Crippen LogP) is 3.30. The molecule has 14 heteroatoms. The van der Waals surface area contributed by atoms with E-state index in [0.29, 0.717) is 37.6 Å². The SMILES string of the molecule is Cc1ncsc1-c1ccc(C(C)NC(=O)[C@@H]2C[C@@H](O)CN2C(=O)C(NC(=O)c2ccnc(N3CCN(C(=O)O)CC3)c2)C(C)(C)C)cc1. The van der Waals surface area contributed by atoms with Crippen molar-refractivity contribution in [3.05, 3.63) is 64.9 Å². The number of aliphatic hydroxyl groups is 1. The van der Waals surface area contributed by atoms with Gasteiger partial charge in [-0.2, -0.15) is 0 Å². The van der Waals surface area contributed by atoms with Gasteiger partial charge in [0.25, 0.3) is 5.91 Å². The van der Waals surface area contributed by atoms with Crippen molar-refractivity contribution in [3.63, 3.8) is 0 Å². The average molecular weight is 678 g/mol. The van der Waals surface area contributed by atoms with Gasteiger partial charge in [-0.05, 0) is 42.5 Å². The molecule has 0 radical (unpaired) electrons. The van der Waals surface area contributed by atoms with E-state index in [-0.39, 0.29) is 24.9 Å². The van der Waals surface area contributed by atoms with Crippen molar-refractivity contribution >= 4 is 41.0 Å². The fraction of sp³-hybridized carbons (Fsp3) is 0.471. The number of likely N-dealkylation sites (tertiary alicyclic amines) is 1. The largest absolute Gasteiger partial charge is 0.465 e. The van der Waals surface area contributed by atoms with E-state index in [1.165, 1.54) is 16.0 Å². The Balaban J connectivity index is 1.26. The van der Waals surface area contributed by atoms with Crippen LogP contribution in [0.5, 0.6) is 0 Å². The molecule has 4 N–H and O–H groups in total. The van der Waals surface area contributed by atoms with Crippen molar-refractivity contribution in [1.29, 1.82) is 0 Å². The second-order valence-corrected chi connectivity index (χ2v) is 14.3. The minimum atomic E-state index is -0.999. The van der Waals surface area contributed by atoms with Crippen LogP contribution in [-0.2, 0) is 9.59 Å². The molecule has 2 aromatic heterocycles. The summed E-state index contributed by atoms with van der Waals surface area (Å²) in [6, 6.07) is 8.82. The first-order valence-electron chi connectivity index (χ1n) is 16.0. The van der Waals surface area contributed by atoms with Crippen molar-refractivity contribution in [2.75, 3.05) is 37.6 Å². The summed E-state index contributed by atoms with van der Waals surface area (Å²) in [5.41, 5.74) is 4.28. The molecule has 0 bridgehead atoms. The number of thiazole rings is 1. The normalized spacial score (nSPS) is 19.5. The van der Waals surface area contributed by atoms with Crippen molar-refractivity contribution in [1.82, 2.24) is 30.4 Å². The molecule has 0 aliphatic carbocycles. The van der Waals surface area contributed by atoms with E-state index in [1.54, 1.807) is 23.5 Å². The molecule has 2 unspecified atom stereocenters. The maximum atomic E-state index is 14.1. The lowest BCUT2D eigenvalue weighted by Crippen LogP contribution is -2.57. The maximum absolute atomic E-state index is 14.1. The number of piperazine rings is 1. The minimum Gasteiger partial charge on any atom is -0.465 e. The quantitative estimate of drug-likeness (QED) is 0.280. The van der Waals surface area contributed by atoms with Crippen molar-refractivity contribution in [2.45, 2.75) is 65.3 Å². The van der Waals surface area contributed by atoms with Gasteiger partial charge in [-0.3, -0.25) is 14.4 Å². The van der Waals surface area contributed by atoms with Gasteiger partial charge in [-0.1, -0.05) is 45.0 Å². The Morgan fingerprint density at radius 3 is 2.29 bits per heavy atom. The molecule has 4 amide bonds. The topological polar surface area (TPSA) is 168 Å². The van der Waals surface area contributed by atoms with Crippen LogP contribution in [0.4, 0.5) is 10.6 Å². The number of carbonyl (C=O) groups excluding carboxylic acids is 3. The van der Waals surface area contributed by atoms with Gasteiger partial charge in [0, 0.05) is 50.9 Å². The maximum Gasteiger partial charge on any atom is 0.407 e. The van der Waals surface area contributed by atoms with Gasteiger partial charge in [0.2, 0.25) is 11.8 Å². The average Bonchev–Trinajstić information content (AvgIpc) is 3.68. The van der Waals surface area contributed by atoms with E-state index in [2.05, 4.69) is 20.6 Å². The lowest BCUT2D eigenvalue weighted by molar-refractivity contribution is -0.142. The highest BCUT2D eigenvalue weighted by Gasteiger charge is 2.44. The summed E-state index contributed by atoms with van der Waals surface area (Å²) in [4.78, 5) is 66.9. The lowest BCUT2D eigenvalue weighted by atomic mass is 9.85. The van der Waals surface area contributed by atoms with Gasteiger partial charge < -0.3 is 35.5 Å². The minimum absolute atomic E-state index is 0.0294. The second-order valence-electron chi connectivity index (χ2n) is 13.4. The van der Waals surface area contributed by atoms with Crippen LogP contribution in [-0.4, -0.2) is 105 Å². The molecule has 2 aliphatic heterocycles. The summed E-state index contributed by atoms with van der Waals surface area (Å²) < 4.78 is 0. The first kappa shape index (κ1) is 34.8. The Labute approximate surface area is 284 Å². The Bertz CT molecular complexity index is 1650. The number of benzene rings is 1. The molecular formula is C34H43N7O6S. The molecule has 5 rings (SSSR count). The molecule has 4 heterocycles. The molecule has 3 aromatic rings. The standard InChI is InChI=1S/C34H43N7O6S/c1-20(22-6-8-23(9-7-22)28-21(2)36-19-48-28)37-31(44)26-17-25(42)18-41(26)32(45)29(34(3,4)5)38-30(43)24-10-11-35-27(16-24)39-12-14-40(15-13-39)33(46)47/h6-11,16,19-20,25-26,29,42H,12-15,17-18H2,1-5H3,(H,37,44)(H,38,43)(H,46,47)/t20?,25-,26+,29?/m1/s1. The number of nitrogens with one attached hydrogen (secondary N) is 2. The Kier molecular flexibility index (Phi) is 10.3. The van der Waals surface area contributed by atoms with Crippen LogP contribution >= 0.6 is 11.3 Å². The van der Waals surface area contributed by atoms with E-state index >= 15 is 0 Å². The molecule has 13 nitrogen and oxygen atoms in total. The Hall–Kier alpha value is -4.56. The fourth-order valence-electron chi connectivity index (χ4n) is 6.09. The first-order valence-corrected chi connectivity index (χ1v) is 16.9. The van der Waals surface area contributed by atoms with Gasteiger partial charge in [-0.25, -0.2) is 14.8 Å². The smallest absolute Gasteiger partial charge is 0.407 e. The summed E-state index contributed by atoms with van der Waals surface area (Å²) in [5, 5.41) is 25.7. The molecule has 2 fully saturated rings. The van der Waals surface area contributed by atoms with E-state index in [9.17, 15) is 29.4 Å². The third-order valence-corrected chi connectivity index (χ3v) is 9.89. The number of amides is 4. The van der Waals surface area contributed by atoms with Crippen LogP contribution in [0.1, 0.15) is 61.8 Å². The molecule has 256 valence electrons. The zero-order chi connectivity index (χ0) is 34.7. The number of hydrogen-bond donors (Lipinski definition) is 4. The summed E-state index contributed by atoms with van der Waals surface area (Å²) in [6.45, 7) is 10.8. The number of β-amino-alcohol motifs (C(OH)–C–C–N with tert-alkyl or cyclic N) is 1. The molecule has 2 saturated heterocycles. The summed E-state index contributed by atoms with van der Waals surface area (Å²) in [5.74, 6) is -0.783. The first-order chi connectivity index (χ1) is 22.7. The fourth-order valence-corrected chi connectivity index (χ4v) is 6.90. The van der Waals surface area contributed by atoms with Crippen LogP contribution in [0.15, 0.2) is 48.1 Å². The molecule has 2 aliphatic rings. The van der Waals surface area contributed by atoms with Crippen molar-refractivity contribution < 1.29 is 29.4 Å². The summed E-state index contributed by atoms with van der Waals surface area (Å²) in [6.07, 6.45) is -0.265. The van der Waals surface area contributed by atoms with Gasteiger partial charge in [-0.15, -0.1) is 11.3 Å². The van der Waals surface area contributed by atoms with Gasteiger partial charge in [0.1, 0.15) is 17.9 Å². The van der Waals surface area contributed by atoms with Crippen LogP contribution in [0.2, 0.25) is 0 Å². The highest BCUT2D eigenvalue weighted by molar-refractivity contribution is 7.13. The van der Waals surface area contributed by atoms with E-state index in [4.69, 9.17) is 0 Å². The number of anilines is 1. The second kappa shape index (κ2) is 14.3. The number of aryl methyl sites for hydroxylation is 1. The van der Waals surface area contributed by atoms with Crippen LogP contribution in [0.3, 0.4) is 0 Å². The van der Waals surface area contributed by atoms with Gasteiger partial charge in [0.15, 0.2) is 0 Å². The molecule has 0 spiro atoms. The molecule has 0 saturated carbocycles. The third-order valence-electron chi connectivity index (χ3n) is 8.91. The van der Waals surface area contributed by atoms with E-state index < -0.39 is 41.5 Å². The molecule has 48 heavy (non-hydrogen) atoms. The third kappa shape index (κ3) is 7.76. The van der Waals surface area contributed by atoms with Gasteiger partial charge in [0.05, 0.1) is 28.2 Å². The molecular weight excluding hydrogens is 634 g/mol. The van der Waals surface area contributed by atoms with Crippen LogP contribution in [0, 0.1) is 12.3 Å². The number of hydrogen-bond acceptors (Lipinski definition) is 9. The summed E-state index contributed by atoms with van der Waals surface area (Å²) in [7, 11) is 0. The molecule has 1 aromatic carbocycles. The molecule has 4 atom stereocenters. The monoisotopic (exact) mass is 677 g/mol. The van der Waals surface area contributed by atoms with Crippen LogP contribution < -0.4 is 15.5 Å². The van der Waals surface area contributed by atoms with E-state index in [1.807, 2.05) is 69.3 Å². The number of aromatic nitrogens is 2. The van der Waals surface area contributed by atoms with Crippen molar-refractivity contribution in [2.24, 2.45) is 5.41 Å². The summed E-state index contributed by atoms with van der Waals surface area (Å²) >= 11 is 1.57. The highest BCUT2D eigenvalue weighted by Crippen LogP contribution is 2.30. The van der Waals surface area contributed by atoms with Gasteiger partial charge >= 0.3 is 6.09 Å². The number of nitrogens with zero attached hydrogens (tertiary/aromatic N) is 5. The highest BCUT2D eigenvalue weighted by atomic mass is 32.1. The zero-order valence-electron chi connectivity index (χ0n) is 27.8. The number of carbonyl (C=O) groups is 4. The Morgan fingerprint density at radius 1 is 1.00 bits per heavy atom. The number of pyridine rings is 1. The van der Waals surface area contributed by atoms with E-state index in [0.717, 1.165) is 21.7 Å². The Morgan fingerprint density at radius 2 is 1.69 bits per heavy atom. The number of carboxylic acid groups (broad SMARTS) is 1. The number of aliphatic hydroxyl groups excluding tert-OH is 1. The predicted molar refractivity (Wildman–Crippen MR) is 182 cm³/mol. The number of rotatable bonds is 8. The van der Waals surface area contributed by atoms with Crippen molar-refractivity contribution in [3.8, 4) is 10.4 Å². The zero-order valence-corrected chi connectivity index (χ0v) is 28.7. The van der Waals surface area contributed by atoms with Crippen LogP contribution in [0.25, 0.3) is 10.4 Å². The lowest BCUT2D eigenvalue weighted by Gasteiger charge is -2.36.